The summed E-state index contributed by atoms with van der Waals surface area (Å²) in [5.41, 5.74) is 0. The van der Waals surface area contributed by atoms with E-state index in [4.69, 9.17) is 0 Å². The number of alkyl halides is 1. The smallest absolute Gasteiger partial charge is 0.128 e. The first-order chi connectivity index (χ1) is 6.84. The molecule has 14 heavy (non-hydrogen) atoms. The van der Waals surface area contributed by atoms with Crippen LogP contribution in [0.5, 0.6) is 0 Å². The van der Waals surface area contributed by atoms with Gasteiger partial charge in [-0.05, 0) is 37.6 Å². The normalized spacial score (nSPS) is 48.6. The van der Waals surface area contributed by atoms with Crippen molar-refractivity contribution in [1.82, 2.24) is 10.2 Å². The molecule has 0 aromatic carbocycles. The molecule has 1 saturated carbocycles. The van der Waals surface area contributed by atoms with E-state index in [9.17, 15) is 4.39 Å². The topological polar surface area (TPSA) is 15.3 Å². The number of nitrogens with one attached hydrogen (secondary N) is 1. The Balaban J connectivity index is 1.63. The van der Waals surface area contributed by atoms with E-state index >= 15 is 0 Å². The van der Waals surface area contributed by atoms with E-state index in [2.05, 4.69) is 10.2 Å². The number of likely N-dealkylation sites (tertiary alicyclic amines) is 1. The van der Waals surface area contributed by atoms with Gasteiger partial charge in [-0.25, -0.2) is 4.39 Å². The monoisotopic (exact) mass is 198 g/mol. The summed E-state index contributed by atoms with van der Waals surface area (Å²) in [6.45, 7) is 3.92. The number of hydrogen-bond donors (Lipinski definition) is 1. The number of piperidine rings is 1. The van der Waals surface area contributed by atoms with Crippen LogP contribution in [0.15, 0.2) is 0 Å². The van der Waals surface area contributed by atoms with Gasteiger partial charge in [0.25, 0.3) is 0 Å². The number of nitrogens with zero attached hydrogens (tertiary/aromatic N) is 1. The van der Waals surface area contributed by atoms with Crippen molar-refractivity contribution in [2.24, 2.45) is 11.8 Å². The Morgan fingerprint density at radius 3 is 2.36 bits per heavy atom. The van der Waals surface area contributed by atoms with Crippen molar-refractivity contribution in [3.05, 3.63) is 0 Å². The zero-order valence-corrected chi connectivity index (χ0v) is 8.58. The van der Waals surface area contributed by atoms with Gasteiger partial charge in [0.1, 0.15) is 6.17 Å². The van der Waals surface area contributed by atoms with Crippen LogP contribution in [0, 0.1) is 11.8 Å². The Kier molecular flexibility index (Phi) is 2.25. The molecule has 0 amide bonds. The SMILES string of the molecule is FC1CNCCC1N1CC2CCC2C1. The largest absolute Gasteiger partial charge is 0.314 e. The van der Waals surface area contributed by atoms with Gasteiger partial charge in [-0.1, -0.05) is 0 Å². The van der Waals surface area contributed by atoms with Crippen LogP contribution in [0.4, 0.5) is 4.39 Å². The Morgan fingerprint density at radius 1 is 1.07 bits per heavy atom. The molecule has 2 saturated heterocycles. The van der Waals surface area contributed by atoms with Crippen molar-refractivity contribution in [3.63, 3.8) is 0 Å². The van der Waals surface area contributed by atoms with Gasteiger partial charge in [-0.15, -0.1) is 0 Å². The van der Waals surface area contributed by atoms with Crippen molar-refractivity contribution in [2.45, 2.75) is 31.5 Å². The molecule has 3 fully saturated rings. The molecule has 4 atom stereocenters. The Bertz CT molecular complexity index is 209. The predicted molar refractivity (Wildman–Crippen MR) is 54.0 cm³/mol. The van der Waals surface area contributed by atoms with Crippen LogP contribution in [0.25, 0.3) is 0 Å². The molecule has 3 aliphatic rings. The zero-order chi connectivity index (χ0) is 9.54. The quantitative estimate of drug-likeness (QED) is 0.677. The lowest BCUT2D eigenvalue weighted by atomic mass is 9.77. The van der Waals surface area contributed by atoms with Crippen molar-refractivity contribution < 1.29 is 4.39 Å². The molecule has 1 N–H and O–H groups in total. The Morgan fingerprint density at radius 2 is 1.79 bits per heavy atom. The third-order valence-corrected chi connectivity index (χ3v) is 4.36. The molecule has 2 aliphatic heterocycles. The second-order valence-electron chi connectivity index (χ2n) is 5.13. The van der Waals surface area contributed by atoms with E-state index in [1.54, 1.807) is 0 Å². The summed E-state index contributed by atoms with van der Waals surface area (Å²) >= 11 is 0. The molecule has 2 nitrogen and oxygen atoms in total. The summed E-state index contributed by atoms with van der Waals surface area (Å²) in [6.07, 6.45) is 3.15. The summed E-state index contributed by atoms with van der Waals surface area (Å²) in [5, 5.41) is 3.12. The van der Waals surface area contributed by atoms with E-state index in [1.165, 1.54) is 25.9 Å². The average Bonchev–Trinajstić information content (AvgIpc) is 2.44. The molecule has 3 rings (SSSR count). The summed E-state index contributed by atoms with van der Waals surface area (Å²) < 4.78 is 13.7. The van der Waals surface area contributed by atoms with E-state index < -0.39 is 6.17 Å². The maximum Gasteiger partial charge on any atom is 0.128 e. The van der Waals surface area contributed by atoms with Gasteiger partial charge < -0.3 is 5.32 Å². The third-order valence-electron chi connectivity index (χ3n) is 4.36. The summed E-state index contributed by atoms with van der Waals surface area (Å²) in [4.78, 5) is 2.42. The first-order valence-electron chi connectivity index (χ1n) is 5.93. The molecule has 0 aromatic rings. The van der Waals surface area contributed by atoms with Gasteiger partial charge >= 0.3 is 0 Å². The Hall–Kier alpha value is -0.150. The number of fused-ring (bicyclic) bond motifs is 1. The Labute approximate surface area is 84.8 Å². The molecule has 3 heteroatoms. The lowest BCUT2D eigenvalue weighted by Gasteiger charge is -2.34. The molecular formula is C11H19FN2. The minimum Gasteiger partial charge on any atom is -0.314 e. The van der Waals surface area contributed by atoms with Crippen LogP contribution in [0.3, 0.4) is 0 Å². The molecule has 2 heterocycles. The van der Waals surface area contributed by atoms with Gasteiger partial charge in [0, 0.05) is 25.7 Å². The van der Waals surface area contributed by atoms with Crippen LogP contribution >= 0.6 is 0 Å². The number of halogens is 1. The minimum atomic E-state index is -0.638. The van der Waals surface area contributed by atoms with Crippen LogP contribution in [-0.4, -0.2) is 43.3 Å². The molecule has 0 aromatic heterocycles. The number of rotatable bonds is 1. The molecule has 80 valence electrons. The van der Waals surface area contributed by atoms with E-state index in [0.717, 1.165) is 24.8 Å². The van der Waals surface area contributed by atoms with Gasteiger partial charge in [0.15, 0.2) is 0 Å². The maximum atomic E-state index is 13.7. The summed E-state index contributed by atoms with van der Waals surface area (Å²) in [6, 6.07) is 0.224. The van der Waals surface area contributed by atoms with Gasteiger partial charge in [-0.2, -0.15) is 0 Å². The average molecular weight is 198 g/mol. The molecule has 0 spiro atoms. The molecule has 4 unspecified atom stereocenters. The highest BCUT2D eigenvalue weighted by molar-refractivity contribution is 4.96. The van der Waals surface area contributed by atoms with Gasteiger partial charge in [-0.3, -0.25) is 4.90 Å². The standard InChI is InChI=1S/C11H19FN2/c12-10-5-13-4-3-11(10)14-6-8-1-2-9(8)7-14/h8-11,13H,1-7H2. The highest BCUT2D eigenvalue weighted by atomic mass is 19.1. The molecular weight excluding hydrogens is 179 g/mol. The van der Waals surface area contributed by atoms with Gasteiger partial charge in [0.2, 0.25) is 0 Å². The zero-order valence-electron chi connectivity index (χ0n) is 8.58. The van der Waals surface area contributed by atoms with Crippen LogP contribution in [-0.2, 0) is 0 Å². The van der Waals surface area contributed by atoms with Crippen LogP contribution < -0.4 is 5.32 Å². The van der Waals surface area contributed by atoms with E-state index in [0.29, 0.717) is 6.54 Å². The van der Waals surface area contributed by atoms with Crippen molar-refractivity contribution in [1.29, 1.82) is 0 Å². The van der Waals surface area contributed by atoms with Gasteiger partial charge in [0.05, 0.1) is 0 Å². The van der Waals surface area contributed by atoms with Crippen molar-refractivity contribution in [2.75, 3.05) is 26.2 Å². The second kappa shape index (κ2) is 3.46. The number of hydrogen-bond acceptors (Lipinski definition) is 2. The van der Waals surface area contributed by atoms with Crippen molar-refractivity contribution >= 4 is 0 Å². The lowest BCUT2D eigenvalue weighted by Crippen LogP contribution is -2.50. The molecule has 0 radical (unpaired) electrons. The molecule has 1 aliphatic carbocycles. The second-order valence-corrected chi connectivity index (χ2v) is 5.13. The van der Waals surface area contributed by atoms with Crippen LogP contribution in [0.2, 0.25) is 0 Å². The van der Waals surface area contributed by atoms with E-state index in [-0.39, 0.29) is 6.04 Å². The molecule has 0 bridgehead atoms. The lowest BCUT2D eigenvalue weighted by molar-refractivity contribution is 0.101. The third kappa shape index (κ3) is 1.38. The van der Waals surface area contributed by atoms with Crippen molar-refractivity contribution in [3.8, 4) is 0 Å². The highest BCUT2D eigenvalue weighted by Gasteiger charge is 2.43. The maximum absolute atomic E-state index is 13.7. The van der Waals surface area contributed by atoms with E-state index in [1.807, 2.05) is 0 Å². The first-order valence-corrected chi connectivity index (χ1v) is 5.93. The summed E-state index contributed by atoms with van der Waals surface area (Å²) in [5.74, 6) is 1.83. The highest BCUT2D eigenvalue weighted by Crippen LogP contribution is 2.41. The minimum absolute atomic E-state index is 0.224. The fourth-order valence-corrected chi connectivity index (χ4v) is 3.28. The predicted octanol–water partition coefficient (Wildman–Crippen LogP) is 1.03. The summed E-state index contributed by atoms with van der Waals surface area (Å²) in [7, 11) is 0. The first kappa shape index (κ1) is 9.10. The van der Waals surface area contributed by atoms with Crippen LogP contribution in [0.1, 0.15) is 19.3 Å². The fraction of sp³-hybridized carbons (Fsp3) is 1.00. The fourth-order valence-electron chi connectivity index (χ4n) is 3.28.